The number of hydrogen-bond donors (Lipinski definition) is 1. The van der Waals surface area contributed by atoms with Crippen LogP contribution >= 0.6 is 28.6 Å². The lowest BCUT2D eigenvalue weighted by atomic mass is 9.93. The highest BCUT2D eigenvalue weighted by Crippen LogP contribution is 2.46. The highest BCUT2D eigenvalue weighted by molar-refractivity contribution is 8.03. The largest absolute Gasteiger partial charge is 0.776 e. The number of hydrogen-bond acceptors (Lipinski definition) is 2. The minimum Gasteiger partial charge on any atom is -0.776 e. The van der Waals surface area contributed by atoms with Crippen LogP contribution in [0.15, 0.2) is 0 Å². The van der Waals surface area contributed by atoms with E-state index in [9.17, 15) is 9.46 Å². The number of quaternary nitrogens is 1. The van der Waals surface area contributed by atoms with E-state index in [0.29, 0.717) is 5.54 Å². The van der Waals surface area contributed by atoms with E-state index < -0.39 is 6.07 Å². The summed E-state index contributed by atoms with van der Waals surface area (Å²) in [6.07, 6.45) is 3.32. The van der Waals surface area contributed by atoms with Gasteiger partial charge in [-0.05, 0) is 46.5 Å². The van der Waals surface area contributed by atoms with Gasteiger partial charge in [-0.2, -0.15) is 0 Å². The van der Waals surface area contributed by atoms with Gasteiger partial charge in [0.25, 0.3) is 0 Å². The first-order chi connectivity index (χ1) is 7.08. The number of nitrogens with two attached hydrogens (primary N) is 1. The highest BCUT2D eigenvalue weighted by atomic mass is 35.9. The van der Waals surface area contributed by atoms with Gasteiger partial charge in [0.15, 0.2) is 6.07 Å². The van der Waals surface area contributed by atoms with Crippen LogP contribution in [-0.2, 0) is 4.57 Å². The molecule has 0 amide bonds. The van der Waals surface area contributed by atoms with Crippen molar-refractivity contribution in [3.05, 3.63) is 0 Å². The molecule has 0 bridgehead atoms. The van der Waals surface area contributed by atoms with Crippen LogP contribution in [0.25, 0.3) is 0 Å². The van der Waals surface area contributed by atoms with Crippen LogP contribution in [0.1, 0.15) is 52.9 Å². The Balaban J connectivity index is 0.000000385. The molecule has 0 heterocycles. The van der Waals surface area contributed by atoms with Gasteiger partial charge in [0, 0.05) is 0 Å². The second kappa shape index (κ2) is 7.23. The molecule has 1 fully saturated rings. The van der Waals surface area contributed by atoms with E-state index in [0.717, 1.165) is 6.04 Å². The van der Waals surface area contributed by atoms with Gasteiger partial charge in [-0.15, -0.1) is 0 Å². The molecule has 0 aromatic heterocycles. The fourth-order valence-electron chi connectivity index (χ4n) is 2.01. The molecule has 1 rings (SSSR count). The summed E-state index contributed by atoms with van der Waals surface area (Å²) < 4.78 is 9.19. The van der Waals surface area contributed by atoms with Crippen LogP contribution in [0.4, 0.5) is 0 Å². The number of rotatable bonds is 1. The summed E-state index contributed by atoms with van der Waals surface area (Å²) in [4.78, 5) is 9.19. The summed E-state index contributed by atoms with van der Waals surface area (Å²) in [5.41, 5.74) is 0.433. The molecule has 1 aliphatic carbocycles. The maximum atomic E-state index is 9.19. The minimum atomic E-state index is -3.94. The summed E-state index contributed by atoms with van der Waals surface area (Å²) in [6, 6.07) is 0.920. The summed E-state index contributed by atoms with van der Waals surface area (Å²) in [7, 11) is 0. The Morgan fingerprint density at radius 2 is 1.56 bits per heavy atom. The molecule has 0 aromatic carbocycles. The Kier molecular flexibility index (Phi) is 7.56. The summed E-state index contributed by atoms with van der Waals surface area (Å²) in [6.45, 7) is 6.92. The van der Waals surface area contributed by atoms with Gasteiger partial charge in [0.05, 0.1) is 11.6 Å². The standard InChI is InChI=1S/C10H21N.Cl2HO2P/c1-10(2,3)11-9-7-5-4-6-8-9;1-5(2,3)4/h9,11H,4-8H2,1-3H3;(H,3,4). The average molecular weight is 290 g/mol. The zero-order valence-corrected chi connectivity index (χ0v) is 12.6. The van der Waals surface area contributed by atoms with Gasteiger partial charge in [0.1, 0.15) is 0 Å². The van der Waals surface area contributed by atoms with E-state index >= 15 is 0 Å². The lowest BCUT2D eigenvalue weighted by molar-refractivity contribution is -0.749. The smallest absolute Gasteiger partial charge is 0.186 e. The molecule has 0 aliphatic heterocycles. The Bertz CT molecular complexity index is 223. The molecule has 0 unspecified atom stereocenters. The van der Waals surface area contributed by atoms with Gasteiger partial charge in [-0.25, -0.2) is 0 Å². The van der Waals surface area contributed by atoms with Crippen molar-refractivity contribution in [2.75, 3.05) is 0 Å². The lowest BCUT2D eigenvalue weighted by Gasteiger charge is -2.27. The third kappa shape index (κ3) is 14.7. The van der Waals surface area contributed by atoms with Crippen molar-refractivity contribution >= 4 is 28.6 Å². The van der Waals surface area contributed by atoms with Crippen LogP contribution < -0.4 is 10.2 Å². The third-order valence-electron chi connectivity index (χ3n) is 2.39. The van der Waals surface area contributed by atoms with Crippen molar-refractivity contribution in [2.24, 2.45) is 0 Å². The molecule has 6 heteroatoms. The first-order valence-corrected chi connectivity index (χ1v) is 9.08. The van der Waals surface area contributed by atoms with E-state index in [1.165, 1.54) is 32.1 Å². The second-order valence-corrected chi connectivity index (χ2v) is 9.36. The van der Waals surface area contributed by atoms with Crippen molar-refractivity contribution in [3.8, 4) is 0 Å². The molecule has 1 aliphatic rings. The molecule has 0 atom stereocenters. The predicted molar refractivity (Wildman–Crippen MR) is 67.9 cm³/mol. The zero-order chi connectivity index (χ0) is 12.8. The topological polar surface area (TPSA) is 56.7 Å². The average Bonchev–Trinajstić information content (AvgIpc) is 1.99. The first-order valence-electron chi connectivity index (χ1n) is 5.64. The van der Waals surface area contributed by atoms with Gasteiger partial charge < -0.3 is 14.8 Å². The summed E-state index contributed by atoms with van der Waals surface area (Å²) in [5, 5.41) is 2.55. The molecule has 0 aromatic rings. The van der Waals surface area contributed by atoms with Crippen molar-refractivity contribution in [2.45, 2.75) is 64.5 Å². The molecule has 3 nitrogen and oxygen atoms in total. The fraction of sp³-hybridized carbons (Fsp3) is 1.00. The SMILES string of the molecule is CC(C)(C)[NH2+]C1CCCCC1.O=P([O-])(Cl)Cl. The van der Waals surface area contributed by atoms with Crippen LogP contribution in [-0.4, -0.2) is 11.6 Å². The van der Waals surface area contributed by atoms with Crippen LogP contribution in [0.5, 0.6) is 0 Å². The van der Waals surface area contributed by atoms with Crippen LogP contribution in [0.3, 0.4) is 0 Å². The summed E-state index contributed by atoms with van der Waals surface area (Å²) >= 11 is 8.59. The highest BCUT2D eigenvalue weighted by Gasteiger charge is 2.22. The Morgan fingerprint density at radius 1 is 1.19 bits per heavy atom. The Hall–Kier alpha value is 0.730. The third-order valence-corrected chi connectivity index (χ3v) is 2.39. The number of halogens is 2. The lowest BCUT2D eigenvalue weighted by Crippen LogP contribution is -2.99. The molecule has 98 valence electrons. The molecule has 0 saturated heterocycles. The van der Waals surface area contributed by atoms with Crippen molar-refractivity contribution in [1.29, 1.82) is 0 Å². The van der Waals surface area contributed by atoms with Crippen molar-refractivity contribution in [3.63, 3.8) is 0 Å². The Labute approximate surface area is 108 Å². The second-order valence-electron chi connectivity index (χ2n) is 5.35. The molecule has 16 heavy (non-hydrogen) atoms. The van der Waals surface area contributed by atoms with Crippen LogP contribution in [0.2, 0.25) is 0 Å². The van der Waals surface area contributed by atoms with E-state index in [2.05, 4.69) is 48.6 Å². The molecule has 1 saturated carbocycles. The fourth-order valence-corrected chi connectivity index (χ4v) is 2.01. The molecular formula is C10H22Cl2NO2P. The Morgan fingerprint density at radius 3 is 1.88 bits per heavy atom. The molecular weight excluding hydrogens is 268 g/mol. The summed E-state index contributed by atoms with van der Waals surface area (Å²) in [5.74, 6) is 0. The molecule has 2 N–H and O–H groups in total. The van der Waals surface area contributed by atoms with E-state index in [-0.39, 0.29) is 0 Å². The van der Waals surface area contributed by atoms with Gasteiger partial charge in [-0.1, -0.05) is 28.9 Å². The van der Waals surface area contributed by atoms with E-state index in [4.69, 9.17) is 0 Å². The van der Waals surface area contributed by atoms with Crippen molar-refractivity contribution < 1.29 is 14.8 Å². The monoisotopic (exact) mass is 289 g/mol. The molecule has 0 radical (unpaired) electrons. The van der Waals surface area contributed by atoms with Gasteiger partial charge >= 0.3 is 0 Å². The van der Waals surface area contributed by atoms with E-state index in [1.807, 2.05) is 0 Å². The first kappa shape index (κ1) is 16.7. The van der Waals surface area contributed by atoms with Gasteiger partial charge in [-0.3, -0.25) is 0 Å². The maximum absolute atomic E-state index is 9.19. The van der Waals surface area contributed by atoms with Gasteiger partial charge in [0.2, 0.25) is 0 Å². The normalized spacial score (nSPS) is 18.9. The van der Waals surface area contributed by atoms with E-state index in [1.54, 1.807) is 0 Å². The van der Waals surface area contributed by atoms with Crippen molar-refractivity contribution in [1.82, 2.24) is 0 Å². The zero-order valence-electron chi connectivity index (χ0n) is 10.2. The maximum Gasteiger partial charge on any atom is 0.186 e. The predicted octanol–water partition coefficient (Wildman–Crippen LogP) is 2.61. The quantitative estimate of drug-likeness (QED) is 0.755. The minimum absolute atomic E-state index is 0.433. The molecule has 0 spiro atoms. The van der Waals surface area contributed by atoms with Crippen LogP contribution in [0, 0.1) is 0 Å².